The minimum absolute atomic E-state index is 0.0214. The van der Waals surface area contributed by atoms with Gasteiger partial charge in [0, 0.05) is 12.5 Å². The topological polar surface area (TPSA) is 69.4 Å². The van der Waals surface area contributed by atoms with E-state index in [9.17, 15) is 14.9 Å². The normalized spacial score (nSPS) is 24.2. The first-order valence-electron chi connectivity index (χ1n) is 7.56. The lowest BCUT2D eigenvalue weighted by Gasteiger charge is -2.47. The number of nitrogens with zero attached hydrogens (tertiary/aromatic N) is 1. The molecule has 21 heavy (non-hydrogen) atoms. The fourth-order valence-electron chi connectivity index (χ4n) is 3.56. The molecule has 1 spiro atoms. The molecule has 2 aliphatic carbocycles. The fraction of sp³-hybridized carbons (Fsp3) is 0.562. The zero-order valence-corrected chi connectivity index (χ0v) is 11.9. The van der Waals surface area contributed by atoms with Crippen LogP contribution in [0.15, 0.2) is 24.3 Å². The lowest BCUT2D eigenvalue weighted by atomic mass is 9.60. The van der Waals surface area contributed by atoms with Crippen LogP contribution in [0.2, 0.25) is 0 Å². The van der Waals surface area contributed by atoms with Crippen molar-refractivity contribution in [1.82, 2.24) is 0 Å². The molecule has 112 valence electrons. The smallest absolute Gasteiger partial charge is 0.273 e. The van der Waals surface area contributed by atoms with Crippen LogP contribution in [0.1, 0.15) is 44.9 Å². The molecule has 1 atom stereocenters. The number of nitro groups is 1. The molecule has 0 heterocycles. The summed E-state index contributed by atoms with van der Waals surface area (Å²) in [6, 6.07) is 6.22. The van der Waals surface area contributed by atoms with Crippen molar-refractivity contribution in [2.24, 2.45) is 5.41 Å². The van der Waals surface area contributed by atoms with Gasteiger partial charge in [-0.25, -0.2) is 0 Å². The highest BCUT2D eigenvalue weighted by Gasteiger charge is 2.55. The largest absolute Gasteiger partial charge is 0.489 e. The lowest BCUT2D eigenvalue weighted by molar-refractivity contribution is -0.385. The van der Waals surface area contributed by atoms with Gasteiger partial charge in [0.05, 0.1) is 16.4 Å². The Hall–Kier alpha value is -1.91. The Balaban J connectivity index is 1.77. The number of ether oxygens (including phenoxy) is 1. The summed E-state index contributed by atoms with van der Waals surface area (Å²) in [5.74, 6) is 0.796. The Morgan fingerprint density at radius 3 is 2.52 bits per heavy atom. The van der Waals surface area contributed by atoms with E-state index in [0.717, 1.165) is 25.7 Å². The van der Waals surface area contributed by atoms with Gasteiger partial charge in [-0.15, -0.1) is 0 Å². The van der Waals surface area contributed by atoms with Crippen LogP contribution in [0.5, 0.6) is 5.75 Å². The number of nitro benzene ring substituents is 1. The van der Waals surface area contributed by atoms with E-state index in [1.54, 1.807) is 12.1 Å². The zero-order valence-electron chi connectivity index (χ0n) is 11.9. The van der Waals surface area contributed by atoms with Gasteiger partial charge in [-0.1, -0.05) is 31.7 Å². The minimum atomic E-state index is -0.430. The molecule has 1 aromatic rings. The van der Waals surface area contributed by atoms with E-state index in [1.807, 2.05) is 0 Å². The maximum atomic E-state index is 12.1. The van der Waals surface area contributed by atoms with Crippen LogP contribution in [0.4, 0.5) is 5.69 Å². The maximum Gasteiger partial charge on any atom is 0.273 e. The van der Waals surface area contributed by atoms with E-state index < -0.39 is 4.92 Å². The van der Waals surface area contributed by atoms with Crippen molar-refractivity contribution in [3.63, 3.8) is 0 Å². The van der Waals surface area contributed by atoms with Crippen LogP contribution in [-0.4, -0.2) is 16.8 Å². The molecule has 1 unspecified atom stereocenters. The lowest BCUT2D eigenvalue weighted by Crippen LogP contribution is -2.56. The van der Waals surface area contributed by atoms with Gasteiger partial charge in [0.1, 0.15) is 17.6 Å². The number of carbonyl (C=O) groups is 1. The van der Waals surface area contributed by atoms with Gasteiger partial charge in [0.2, 0.25) is 0 Å². The molecule has 0 aliphatic heterocycles. The minimum Gasteiger partial charge on any atom is -0.489 e. The fourth-order valence-corrected chi connectivity index (χ4v) is 3.56. The molecule has 0 saturated heterocycles. The van der Waals surface area contributed by atoms with Gasteiger partial charge in [-0.2, -0.15) is 0 Å². The predicted molar refractivity (Wildman–Crippen MR) is 77.3 cm³/mol. The molecule has 5 nitrogen and oxygen atoms in total. The standard InChI is InChI=1S/C16H19NO4/c18-14-11-15(16(14)8-3-1-2-4-9-16)21-13-7-5-6-12(10-13)17(19)20/h5-7,10,15H,1-4,8-9,11H2. The van der Waals surface area contributed by atoms with E-state index in [2.05, 4.69) is 0 Å². The average molecular weight is 289 g/mol. The number of benzene rings is 1. The van der Waals surface area contributed by atoms with Crippen LogP contribution < -0.4 is 4.74 Å². The molecule has 2 fully saturated rings. The third-order valence-corrected chi connectivity index (χ3v) is 4.85. The maximum absolute atomic E-state index is 12.1. The second-order valence-corrected chi connectivity index (χ2v) is 6.06. The molecule has 0 radical (unpaired) electrons. The number of non-ortho nitro benzene ring substituents is 1. The van der Waals surface area contributed by atoms with E-state index in [0.29, 0.717) is 18.0 Å². The molecule has 5 heteroatoms. The summed E-state index contributed by atoms with van der Waals surface area (Å²) in [4.78, 5) is 22.5. The highest BCUT2D eigenvalue weighted by Crippen LogP contribution is 2.49. The van der Waals surface area contributed by atoms with Crippen molar-refractivity contribution in [3.8, 4) is 5.75 Å². The summed E-state index contributed by atoms with van der Waals surface area (Å²) >= 11 is 0. The van der Waals surface area contributed by atoms with Crippen molar-refractivity contribution in [2.45, 2.75) is 51.0 Å². The first kappa shape index (κ1) is 14.0. The number of ketones is 1. The van der Waals surface area contributed by atoms with Gasteiger partial charge in [0.15, 0.2) is 0 Å². The Kier molecular flexibility index (Phi) is 3.66. The van der Waals surface area contributed by atoms with Gasteiger partial charge in [-0.05, 0) is 18.9 Å². The van der Waals surface area contributed by atoms with Crippen molar-refractivity contribution in [1.29, 1.82) is 0 Å². The third kappa shape index (κ3) is 2.52. The molecule has 0 amide bonds. The number of rotatable bonds is 3. The van der Waals surface area contributed by atoms with Crippen molar-refractivity contribution in [2.75, 3.05) is 0 Å². The van der Waals surface area contributed by atoms with Crippen molar-refractivity contribution in [3.05, 3.63) is 34.4 Å². The summed E-state index contributed by atoms with van der Waals surface area (Å²) in [7, 11) is 0. The zero-order chi connectivity index (χ0) is 14.9. The van der Waals surface area contributed by atoms with Gasteiger partial charge in [0.25, 0.3) is 5.69 Å². The first-order valence-corrected chi connectivity index (χ1v) is 7.56. The van der Waals surface area contributed by atoms with Gasteiger partial charge >= 0.3 is 0 Å². The molecule has 0 aromatic heterocycles. The van der Waals surface area contributed by atoms with E-state index in [1.165, 1.54) is 25.0 Å². The average Bonchev–Trinajstić information content (AvgIpc) is 2.75. The third-order valence-electron chi connectivity index (χ3n) is 4.85. The van der Waals surface area contributed by atoms with E-state index in [-0.39, 0.29) is 17.2 Å². The highest BCUT2D eigenvalue weighted by molar-refractivity contribution is 5.92. The number of Topliss-reactive ketones (excluding diaryl/α,β-unsaturated/α-hetero) is 1. The second kappa shape index (κ2) is 5.47. The van der Waals surface area contributed by atoms with Crippen molar-refractivity contribution < 1.29 is 14.5 Å². The van der Waals surface area contributed by atoms with Crippen LogP contribution in [0, 0.1) is 15.5 Å². The summed E-state index contributed by atoms with van der Waals surface area (Å²) < 4.78 is 5.94. The number of carbonyl (C=O) groups excluding carboxylic acids is 1. The summed E-state index contributed by atoms with van der Waals surface area (Å²) in [6.07, 6.45) is 6.60. The van der Waals surface area contributed by atoms with Crippen LogP contribution in [0.25, 0.3) is 0 Å². The van der Waals surface area contributed by atoms with E-state index in [4.69, 9.17) is 4.74 Å². The van der Waals surface area contributed by atoms with Gasteiger partial charge in [-0.3, -0.25) is 14.9 Å². The SMILES string of the molecule is O=C1CC(Oc2cccc([N+](=O)[O-])c2)C12CCCCCC2. The highest BCUT2D eigenvalue weighted by atomic mass is 16.6. The van der Waals surface area contributed by atoms with Crippen LogP contribution in [0.3, 0.4) is 0 Å². The first-order chi connectivity index (χ1) is 10.1. The molecule has 3 rings (SSSR count). The molecule has 0 bridgehead atoms. The van der Waals surface area contributed by atoms with E-state index >= 15 is 0 Å². The quantitative estimate of drug-likeness (QED) is 0.629. The second-order valence-electron chi connectivity index (χ2n) is 6.06. The molecular weight excluding hydrogens is 270 g/mol. The van der Waals surface area contributed by atoms with Crippen LogP contribution in [-0.2, 0) is 4.79 Å². The molecule has 2 saturated carbocycles. The molecular formula is C16H19NO4. The summed E-state index contributed by atoms with van der Waals surface area (Å²) in [6.45, 7) is 0. The summed E-state index contributed by atoms with van der Waals surface area (Å²) in [5, 5.41) is 10.8. The Morgan fingerprint density at radius 2 is 1.90 bits per heavy atom. The molecule has 1 aromatic carbocycles. The number of hydrogen-bond acceptors (Lipinski definition) is 4. The summed E-state index contributed by atoms with van der Waals surface area (Å²) in [5.41, 5.74) is -0.311. The molecule has 2 aliphatic rings. The Morgan fingerprint density at radius 1 is 1.19 bits per heavy atom. The number of hydrogen-bond donors (Lipinski definition) is 0. The Labute approximate surface area is 123 Å². The Bertz CT molecular complexity index is 561. The van der Waals surface area contributed by atoms with Gasteiger partial charge < -0.3 is 4.74 Å². The molecule has 0 N–H and O–H groups in total. The monoisotopic (exact) mass is 289 g/mol. The van der Waals surface area contributed by atoms with Crippen LogP contribution >= 0.6 is 0 Å². The predicted octanol–water partition coefficient (Wildman–Crippen LogP) is 3.66. The van der Waals surface area contributed by atoms with Crippen molar-refractivity contribution >= 4 is 11.5 Å².